The fraction of sp³-hybridized carbons (Fsp3) is 0. The van der Waals surface area contributed by atoms with Crippen LogP contribution in [0, 0.1) is 0 Å². The minimum absolute atomic E-state index is 0.0399. The van der Waals surface area contributed by atoms with Crippen LogP contribution in [0.5, 0.6) is 0 Å². The van der Waals surface area contributed by atoms with Gasteiger partial charge in [-0.05, 0) is 30.3 Å². The predicted octanol–water partition coefficient (Wildman–Crippen LogP) is 2.37. The summed E-state index contributed by atoms with van der Waals surface area (Å²) in [6, 6.07) is 12.0. The van der Waals surface area contributed by atoms with Crippen LogP contribution in [0.3, 0.4) is 0 Å². The highest BCUT2D eigenvalue weighted by molar-refractivity contribution is 9.10. The van der Waals surface area contributed by atoms with Crippen molar-refractivity contribution < 1.29 is 18.0 Å². The fourth-order valence-electron chi connectivity index (χ4n) is 2.12. The zero-order chi connectivity index (χ0) is 15.2. The number of rotatable bonds is 2. The molecule has 0 N–H and O–H groups in total. The molecule has 1 heterocycles. The highest BCUT2D eigenvalue weighted by Gasteiger charge is 2.43. The van der Waals surface area contributed by atoms with Gasteiger partial charge in [-0.1, -0.05) is 34.1 Å². The van der Waals surface area contributed by atoms with E-state index in [0.717, 1.165) is 0 Å². The van der Waals surface area contributed by atoms with Gasteiger partial charge in [0.15, 0.2) is 0 Å². The molecule has 0 radical (unpaired) electrons. The minimum Gasteiger partial charge on any atom is -0.283 e. The second-order valence-electron chi connectivity index (χ2n) is 4.38. The van der Waals surface area contributed by atoms with E-state index in [0.29, 0.717) is 8.78 Å². The first kappa shape index (κ1) is 14.0. The molecule has 21 heavy (non-hydrogen) atoms. The monoisotopic (exact) mass is 365 g/mol. The maximum Gasteiger partial charge on any atom is 0.313 e. The molecule has 0 aliphatic carbocycles. The first-order valence-electron chi connectivity index (χ1n) is 5.91. The van der Waals surface area contributed by atoms with Crippen LogP contribution in [0.2, 0.25) is 0 Å². The van der Waals surface area contributed by atoms with E-state index in [-0.39, 0.29) is 16.1 Å². The highest BCUT2D eigenvalue weighted by Crippen LogP contribution is 2.35. The Kier molecular flexibility index (Phi) is 3.18. The van der Waals surface area contributed by atoms with Crippen molar-refractivity contribution in [1.82, 2.24) is 0 Å². The molecule has 0 unspecified atom stereocenters. The van der Waals surface area contributed by atoms with Gasteiger partial charge >= 0.3 is 5.91 Å². The smallest absolute Gasteiger partial charge is 0.283 e. The Balaban J connectivity index is 2.21. The quantitative estimate of drug-likeness (QED) is 0.765. The Morgan fingerprint density at radius 3 is 2.29 bits per heavy atom. The van der Waals surface area contributed by atoms with Crippen LogP contribution in [-0.2, 0) is 14.8 Å². The molecule has 1 aliphatic heterocycles. The molecule has 0 bridgehead atoms. The molecule has 1 amide bonds. The van der Waals surface area contributed by atoms with Crippen molar-refractivity contribution in [1.29, 1.82) is 0 Å². The molecule has 2 aromatic rings. The average molecular weight is 366 g/mol. The van der Waals surface area contributed by atoms with Crippen molar-refractivity contribution in [3.8, 4) is 0 Å². The number of Topliss-reactive ketones (excluding diaryl/α,β-unsaturated/α-hetero) is 1. The topological polar surface area (TPSA) is 71.5 Å². The van der Waals surface area contributed by atoms with Crippen LogP contribution < -0.4 is 4.31 Å². The lowest BCUT2D eigenvalue weighted by atomic mass is 10.1. The summed E-state index contributed by atoms with van der Waals surface area (Å²) >= 11 is 3.20. The number of fused-ring (bicyclic) bond motifs is 1. The van der Waals surface area contributed by atoms with Crippen molar-refractivity contribution in [3.63, 3.8) is 0 Å². The van der Waals surface area contributed by atoms with Gasteiger partial charge < -0.3 is 0 Å². The van der Waals surface area contributed by atoms with Crippen LogP contribution in [0.25, 0.3) is 0 Å². The van der Waals surface area contributed by atoms with Crippen LogP contribution in [0.4, 0.5) is 5.69 Å². The van der Waals surface area contributed by atoms with Crippen molar-refractivity contribution >= 4 is 43.3 Å². The first-order chi connectivity index (χ1) is 9.93. The van der Waals surface area contributed by atoms with E-state index in [9.17, 15) is 18.0 Å². The molecule has 1 aliphatic rings. The van der Waals surface area contributed by atoms with Crippen molar-refractivity contribution in [2.24, 2.45) is 0 Å². The molecule has 3 rings (SSSR count). The molecular formula is C14H8BrNO4S. The molecule has 0 saturated heterocycles. The molecule has 106 valence electrons. The highest BCUT2D eigenvalue weighted by atomic mass is 79.9. The summed E-state index contributed by atoms with van der Waals surface area (Å²) in [6.07, 6.45) is 0. The number of carbonyl (C=O) groups is 2. The number of nitrogens with zero attached hydrogens (tertiary/aromatic N) is 1. The SMILES string of the molecule is O=C1C(=O)N(S(=O)(=O)c2ccccc2)c2ccc(Br)cc21. The number of carbonyl (C=O) groups excluding carboxylic acids is 2. The molecular weight excluding hydrogens is 358 g/mol. The van der Waals surface area contributed by atoms with Gasteiger partial charge in [0, 0.05) is 4.47 Å². The Hall–Kier alpha value is -1.99. The van der Waals surface area contributed by atoms with E-state index in [1.807, 2.05) is 0 Å². The number of amides is 1. The Morgan fingerprint density at radius 1 is 0.952 bits per heavy atom. The largest absolute Gasteiger partial charge is 0.313 e. The maximum atomic E-state index is 12.6. The summed E-state index contributed by atoms with van der Waals surface area (Å²) < 4.78 is 26.3. The number of sulfonamides is 1. The predicted molar refractivity (Wildman–Crippen MR) is 79.6 cm³/mol. The van der Waals surface area contributed by atoms with Crippen LogP contribution in [-0.4, -0.2) is 20.1 Å². The molecule has 0 atom stereocenters. The summed E-state index contributed by atoms with van der Waals surface area (Å²) in [5, 5.41) is 0. The Bertz CT molecular complexity index is 862. The molecule has 7 heteroatoms. The van der Waals surface area contributed by atoms with Crippen LogP contribution in [0.1, 0.15) is 10.4 Å². The molecule has 2 aromatic carbocycles. The summed E-state index contributed by atoms with van der Waals surface area (Å²) in [5.74, 6) is -1.89. The van der Waals surface area contributed by atoms with Gasteiger partial charge in [0.05, 0.1) is 16.1 Å². The second kappa shape index (κ2) is 4.78. The van der Waals surface area contributed by atoms with Crippen LogP contribution in [0.15, 0.2) is 57.9 Å². The Labute approximate surface area is 129 Å². The van der Waals surface area contributed by atoms with Crippen molar-refractivity contribution in [3.05, 3.63) is 58.6 Å². The molecule has 5 nitrogen and oxygen atoms in total. The summed E-state index contributed by atoms with van der Waals surface area (Å²) in [7, 11) is -4.10. The Morgan fingerprint density at radius 2 is 1.62 bits per heavy atom. The lowest BCUT2D eigenvalue weighted by molar-refractivity contribution is -0.113. The fourth-order valence-corrected chi connectivity index (χ4v) is 3.91. The van der Waals surface area contributed by atoms with Gasteiger partial charge in [-0.2, -0.15) is 4.31 Å². The zero-order valence-electron chi connectivity index (χ0n) is 10.5. The lowest BCUT2D eigenvalue weighted by Gasteiger charge is -2.16. The standard InChI is InChI=1S/C14H8BrNO4S/c15-9-6-7-12-11(8-9)13(17)14(18)16(12)21(19,20)10-4-2-1-3-5-10/h1-8H. The molecule has 0 fully saturated rings. The zero-order valence-corrected chi connectivity index (χ0v) is 12.9. The number of hydrogen-bond donors (Lipinski definition) is 0. The molecule has 0 saturated carbocycles. The third-order valence-electron chi connectivity index (χ3n) is 3.08. The third kappa shape index (κ3) is 2.09. The van der Waals surface area contributed by atoms with Crippen LogP contribution >= 0.6 is 15.9 Å². The summed E-state index contributed by atoms with van der Waals surface area (Å²) in [4.78, 5) is 24.0. The van der Waals surface area contributed by atoms with Gasteiger partial charge in [-0.25, -0.2) is 8.42 Å². The summed E-state index contributed by atoms with van der Waals surface area (Å²) in [6.45, 7) is 0. The van der Waals surface area contributed by atoms with Gasteiger partial charge in [-0.3, -0.25) is 9.59 Å². The number of anilines is 1. The third-order valence-corrected chi connectivity index (χ3v) is 5.29. The van der Waals surface area contributed by atoms with Gasteiger partial charge in [0.2, 0.25) is 0 Å². The minimum atomic E-state index is -4.10. The summed E-state index contributed by atoms with van der Waals surface area (Å²) in [5.41, 5.74) is 0.158. The first-order valence-corrected chi connectivity index (χ1v) is 8.15. The van der Waals surface area contributed by atoms with Gasteiger partial charge in [-0.15, -0.1) is 0 Å². The van der Waals surface area contributed by atoms with E-state index in [4.69, 9.17) is 0 Å². The van der Waals surface area contributed by atoms with E-state index < -0.39 is 21.7 Å². The van der Waals surface area contributed by atoms with Gasteiger partial charge in [0.25, 0.3) is 15.8 Å². The second-order valence-corrected chi connectivity index (χ2v) is 7.08. The van der Waals surface area contributed by atoms with Crippen molar-refractivity contribution in [2.75, 3.05) is 4.31 Å². The number of hydrogen-bond acceptors (Lipinski definition) is 4. The lowest BCUT2D eigenvalue weighted by Crippen LogP contribution is -2.35. The number of ketones is 1. The van der Waals surface area contributed by atoms with Crippen molar-refractivity contribution in [2.45, 2.75) is 4.90 Å². The van der Waals surface area contributed by atoms with E-state index in [2.05, 4.69) is 15.9 Å². The normalized spacial score (nSPS) is 14.4. The maximum absolute atomic E-state index is 12.6. The van der Waals surface area contributed by atoms with E-state index >= 15 is 0 Å². The molecule has 0 aromatic heterocycles. The number of halogens is 1. The average Bonchev–Trinajstić information content (AvgIpc) is 2.72. The van der Waals surface area contributed by atoms with Gasteiger partial charge in [0.1, 0.15) is 0 Å². The van der Waals surface area contributed by atoms with E-state index in [1.54, 1.807) is 24.3 Å². The van der Waals surface area contributed by atoms with E-state index in [1.165, 1.54) is 24.3 Å². The molecule has 0 spiro atoms. The number of benzene rings is 2.